The Morgan fingerprint density at radius 1 is 1.26 bits per heavy atom. The molecule has 0 spiro atoms. The fraction of sp³-hybridized carbons (Fsp3) is 0.250. The molecular formula is C16H16N4O2S. The minimum Gasteiger partial charge on any atom is -0.479 e. The third-order valence-corrected chi connectivity index (χ3v) is 3.58. The molecule has 0 unspecified atom stereocenters. The van der Waals surface area contributed by atoms with Gasteiger partial charge in [0.1, 0.15) is 11.8 Å². The number of carbonyl (C=O) groups is 1. The van der Waals surface area contributed by atoms with Crippen molar-refractivity contribution < 1.29 is 9.53 Å². The largest absolute Gasteiger partial charge is 0.479 e. The van der Waals surface area contributed by atoms with Crippen molar-refractivity contribution in [3.8, 4) is 11.8 Å². The summed E-state index contributed by atoms with van der Waals surface area (Å²) < 4.78 is 5.15. The lowest BCUT2D eigenvalue weighted by Gasteiger charge is -2.07. The fourth-order valence-electron chi connectivity index (χ4n) is 1.84. The molecule has 7 heteroatoms. The number of aromatic nitrogens is 2. The summed E-state index contributed by atoms with van der Waals surface area (Å²) in [5.41, 5.74) is 2.43. The zero-order valence-electron chi connectivity index (χ0n) is 12.9. The van der Waals surface area contributed by atoms with Gasteiger partial charge < -0.3 is 10.1 Å². The summed E-state index contributed by atoms with van der Waals surface area (Å²) in [6.07, 6.45) is 0. The number of anilines is 1. The lowest BCUT2D eigenvalue weighted by atomic mass is 10.3. The van der Waals surface area contributed by atoms with Crippen LogP contribution in [-0.2, 0) is 4.79 Å². The minimum atomic E-state index is -0.136. The molecule has 0 fully saturated rings. The molecule has 2 aromatic rings. The molecular weight excluding hydrogens is 312 g/mol. The normalized spacial score (nSPS) is 9.96. The molecule has 0 aliphatic carbocycles. The maximum atomic E-state index is 12.0. The van der Waals surface area contributed by atoms with Crippen LogP contribution in [-0.4, -0.2) is 28.2 Å². The Morgan fingerprint density at radius 2 is 1.91 bits per heavy atom. The Kier molecular flexibility index (Phi) is 5.94. The van der Waals surface area contributed by atoms with Gasteiger partial charge in [0.15, 0.2) is 11.8 Å². The lowest BCUT2D eigenvalue weighted by molar-refractivity contribution is -0.113. The zero-order valence-corrected chi connectivity index (χ0v) is 13.7. The number of ether oxygens (including phenoxy) is 1. The summed E-state index contributed by atoms with van der Waals surface area (Å²) in [7, 11) is 0. The van der Waals surface area contributed by atoms with E-state index < -0.39 is 0 Å². The lowest BCUT2D eigenvalue weighted by Crippen LogP contribution is -2.14. The molecule has 1 aromatic carbocycles. The number of aryl methyl sites for hydroxylation is 2. The topological polar surface area (TPSA) is 87.9 Å². The van der Waals surface area contributed by atoms with Gasteiger partial charge in [-0.3, -0.25) is 4.79 Å². The van der Waals surface area contributed by atoms with Gasteiger partial charge >= 0.3 is 0 Å². The van der Waals surface area contributed by atoms with Gasteiger partial charge in [0.05, 0.1) is 5.75 Å². The number of nitriles is 1. The molecule has 0 aliphatic rings. The van der Waals surface area contributed by atoms with Crippen molar-refractivity contribution >= 4 is 23.4 Å². The summed E-state index contributed by atoms with van der Waals surface area (Å²) in [6, 6.07) is 10.6. The zero-order chi connectivity index (χ0) is 16.7. The molecule has 6 nitrogen and oxygen atoms in total. The second-order valence-electron chi connectivity index (χ2n) is 4.74. The number of carbonyl (C=O) groups excluding carboxylic acids is 1. The van der Waals surface area contributed by atoms with Crippen LogP contribution in [0.4, 0.5) is 5.69 Å². The van der Waals surface area contributed by atoms with Crippen LogP contribution in [0, 0.1) is 25.2 Å². The highest BCUT2D eigenvalue weighted by Crippen LogP contribution is 2.17. The van der Waals surface area contributed by atoms with E-state index in [1.165, 1.54) is 11.8 Å². The number of amides is 1. The van der Waals surface area contributed by atoms with Crippen LogP contribution >= 0.6 is 11.8 Å². The van der Waals surface area contributed by atoms with E-state index in [2.05, 4.69) is 15.3 Å². The Bertz CT molecular complexity index is 706. The van der Waals surface area contributed by atoms with Gasteiger partial charge in [0.2, 0.25) is 5.91 Å². The standard InChI is InChI=1S/C16H16N4O2S/c1-11-9-12(2)19-16(18-11)23-10-15(21)20-13-3-5-14(6-4-13)22-8-7-17/h3-6,9H,8,10H2,1-2H3,(H,20,21). The van der Waals surface area contributed by atoms with E-state index in [9.17, 15) is 4.79 Å². The van der Waals surface area contributed by atoms with E-state index in [4.69, 9.17) is 10.00 Å². The first-order chi connectivity index (χ1) is 11.1. The molecule has 1 amide bonds. The summed E-state index contributed by atoms with van der Waals surface area (Å²) in [6.45, 7) is 3.79. The molecule has 0 atom stereocenters. The van der Waals surface area contributed by atoms with Crippen molar-refractivity contribution in [2.75, 3.05) is 17.7 Å². The van der Waals surface area contributed by atoms with Crippen LogP contribution in [0.1, 0.15) is 11.4 Å². The van der Waals surface area contributed by atoms with Crippen molar-refractivity contribution in [1.82, 2.24) is 9.97 Å². The van der Waals surface area contributed by atoms with Gasteiger partial charge in [0, 0.05) is 17.1 Å². The highest BCUT2D eigenvalue weighted by molar-refractivity contribution is 7.99. The Balaban J connectivity index is 1.86. The molecule has 118 valence electrons. The summed E-state index contributed by atoms with van der Waals surface area (Å²) in [5, 5.41) is 11.8. The molecule has 1 aromatic heterocycles. The summed E-state index contributed by atoms with van der Waals surface area (Å²) in [5.74, 6) is 0.682. The Morgan fingerprint density at radius 3 is 2.52 bits per heavy atom. The molecule has 0 aliphatic heterocycles. The highest BCUT2D eigenvalue weighted by Gasteiger charge is 2.07. The summed E-state index contributed by atoms with van der Waals surface area (Å²) in [4.78, 5) is 20.5. The van der Waals surface area contributed by atoms with Crippen LogP contribution in [0.5, 0.6) is 5.75 Å². The quantitative estimate of drug-likeness (QED) is 0.648. The molecule has 23 heavy (non-hydrogen) atoms. The van der Waals surface area contributed by atoms with Crippen molar-refractivity contribution in [2.45, 2.75) is 19.0 Å². The van der Waals surface area contributed by atoms with Crippen LogP contribution in [0.3, 0.4) is 0 Å². The molecule has 0 saturated carbocycles. The maximum Gasteiger partial charge on any atom is 0.234 e. The second-order valence-corrected chi connectivity index (χ2v) is 5.68. The molecule has 2 rings (SSSR count). The van der Waals surface area contributed by atoms with E-state index in [1.54, 1.807) is 24.3 Å². The average molecular weight is 328 g/mol. The first kappa shape index (κ1) is 16.8. The predicted molar refractivity (Wildman–Crippen MR) is 88.4 cm³/mol. The van der Waals surface area contributed by atoms with Gasteiger partial charge in [-0.15, -0.1) is 0 Å². The van der Waals surface area contributed by atoms with Crippen LogP contribution < -0.4 is 10.1 Å². The molecule has 1 heterocycles. The number of rotatable bonds is 6. The average Bonchev–Trinajstić information content (AvgIpc) is 2.51. The number of thioether (sulfide) groups is 1. The molecule has 0 radical (unpaired) electrons. The van der Waals surface area contributed by atoms with Gasteiger partial charge in [0.25, 0.3) is 0 Å². The first-order valence-corrected chi connectivity index (χ1v) is 7.90. The number of benzene rings is 1. The number of nitrogens with zero attached hydrogens (tertiary/aromatic N) is 3. The highest BCUT2D eigenvalue weighted by atomic mass is 32.2. The van der Waals surface area contributed by atoms with Crippen molar-refractivity contribution in [3.63, 3.8) is 0 Å². The molecule has 0 bridgehead atoms. The van der Waals surface area contributed by atoms with E-state index in [1.807, 2.05) is 26.0 Å². The third-order valence-electron chi connectivity index (χ3n) is 2.74. The summed E-state index contributed by atoms with van der Waals surface area (Å²) >= 11 is 1.30. The monoisotopic (exact) mass is 328 g/mol. The van der Waals surface area contributed by atoms with Crippen molar-refractivity contribution in [2.24, 2.45) is 0 Å². The van der Waals surface area contributed by atoms with Crippen molar-refractivity contribution in [3.05, 3.63) is 41.7 Å². The van der Waals surface area contributed by atoms with Crippen LogP contribution in [0.25, 0.3) is 0 Å². The van der Waals surface area contributed by atoms with Crippen molar-refractivity contribution in [1.29, 1.82) is 5.26 Å². The van der Waals surface area contributed by atoms with Crippen LogP contribution in [0.2, 0.25) is 0 Å². The van der Waals surface area contributed by atoms with Gasteiger partial charge in [-0.1, -0.05) is 11.8 Å². The van der Waals surface area contributed by atoms with Gasteiger partial charge in [-0.25, -0.2) is 9.97 Å². The maximum absolute atomic E-state index is 12.0. The number of hydrogen-bond acceptors (Lipinski definition) is 6. The first-order valence-electron chi connectivity index (χ1n) is 6.91. The third kappa shape index (κ3) is 5.60. The number of hydrogen-bond donors (Lipinski definition) is 1. The molecule has 1 N–H and O–H groups in total. The minimum absolute atomic E-state index is 0.00173. The van der Waals surface area contributed by atoms with Crippen LogP contribution in [0.15, 0.2) is 35.5 Å². The smallest absolute Gasteiger partial charge is 0.234 e. The van der Waals surface area contributed by atoms with E-state index >= 15 is 0 Å². The van der Waals surface area contributed by atoms with E-state index in [0.717, 1.165) is 11.4 Å². The van der Waals surface area contributed by atoms with E-state index in [0.29, 0.717) is 16.6 Å². The number of nitrogens with one attached hydrogen (secondary N) is 1. The van der Waals surface area contributed by atoms with E-state index in [-0.39, 0.29) is 18.3 Å². The SMILES string of the molecule is Cc1cc(C)nc(SCC(=O)Nc2ccc(OCC#N)cc2)n1. The fourth-order valence-corrected chi connectivity index (χ4v) is 2.58. The van der Waals surface area contributed by atoms with Gasteiger partial charge in [-0.2, -0.15) is 5.26 Å². The predicted octanol–water partition coefficient (Wildman–Crippen LogP) is 2.73. The molecule has 0 saturated heterocycles. The Hall–Kier alpha value is -2.59. The van der Waals surface area contributed by atoms with Gasteiger partial charge in [-0.05, 0) is 44.2 Å². The Labute approximate surface area is 138 Å². The second kappa shape index (κ2) is 8.15.